The number of fused-ring (bicyclic) bond motifs is 1. The van der Waals surface area contributed by atoms with Crippen LogP contribution in [0.2, 0.25) is 0 Å². The van der Waals surface area contributed by atoms with E-state index < -0.39 is 11.5 Å². The number of amides is 1. The molecule has 2 aromatic carbocycles. The van der Waals surface area contributed by atoms with E-state index in [2.05, 4.69) is 5.32 Å². The molecule has 1 aliphatic rings. The van der Waals surface area contributed by atoms with E-state index in [0.29, 0.717) is 46.7 Å². The lowest BCUT2D eigenvalue weighted by molar-refractivity contribution is 0.0909. The summed E-state index contributed by atoms with van der Waals surface area (Å²) in [6, 6.07) is 14.3. The molecule has 0 fully saturated rings. The number of Topliss-reactive ketones (excluding diaryl/α,β-unsaturated/α-hetero) is 1. The summed E-state index contributed by atoms with van der Waals surface area (Å²) in [5.41, 5.74) is 1.44. The number of ether oxygens (including phenoxy) is 2. The van der Waals surface area contributed by atoms with Gasteiger partial charge in [-0.15, -0.1) is 0 Å². The molecule has 0 saturated carbocycles. The number of nitrogens with one attached hydrogen (secondary N) is 1. The first kappa shape index (κ1) is 23.3. The summed E-state index contributed by atoms with van der Waals surface area (Å²) >= 11 is 0. The second kappa shape index (κ2) is 9.17. The Balaban J connectivity index is 1.79. The molecular formula is C27H28N2O5. The molecule has 7 heteroatoms. The number of nitrogens with zero attached hydrogens (tertiary/aromatic N) is 1. The highest BCUT2D eigenvalue weighted by Gasteiger charge is 2.36. The van der Waals surface area contributed by atoms with Crippen LogP contribution in [0.5, 0.6) is 11.5 Å². The number of hydrogen-bond donors (Lipinski definition) is 1. The van der Waals surface area contributed by atoms with E-state index >= 15 is 0 Å². The second-order valence-corrected chi connectivity index (χ2v) is 9.21. The van der Waals surface area contributed by atoms with Crippen molar-refractivity contribution in [1.29, 1.82) is 0 Å². The molecule has 0 spiro atoms. The van der Waals surface area contributed by atoms with Crippen molar-refractivity contribution in [3.8, 4) is 17.2 Å². The third-order valence-electron chi connectivity index (χ3n) is 6.10. The normalized spacial score (nSPS) is 14.3. The third kappa shape index (κ3) is 4.46. The lowest BCUT2D eigenvalue weighted by Crippen LogP contribution is -2.38. The van der Waals surface area contributed by atoms with Gasteiger partial charge in [-0.1, -0.05) is 32.0 Å². The van der Waals surface area contributed by atoms with Crippen LogP contribution in [0.25, 0.3) is 5.69 Å². The Kier molecular flexibility index (Phi) is 6.28. The number of aromatic nitrogens is 1. The van der Waals surface area contributed by atoms with Gasteiger partial charge in [-0.3, -0.25) is 19.0 Å². The van der Waals surface area contributed by atoms with Crippen LogP contribution in [-0.2, 0) is 13.0 Å². The molecule has 176 valence electrons. The Morgan fingerprint density at radius 3 is 2.44 bits per heavy atom. The molecule has 3 aromatic rings. The largest absolute Gasteiger partial charge is 0.497 e. The molecule has 0 aliphatic heterocycles. The number of carbonyl (C=O) groups excluding carboxylic acids is 2. The van der Waals surface area contributed by atoms with Gasteiger partial charge in [-0.25, -0.2) is 0 Å². The fourth-order valence-electron chi connectivity index (χ4n) is 4.44. The number of hydrogen-bond acceptors (Lipinski definition) is 5. The molecule has 7 nitrogen and oxygen atoms in total. The van der Waals surface area contributed by atoms with Crippen molar-refractivity contribution < 1.29 is 19.1 Å². The highest BCUT2D eigenvalue weighted by atomic mass is 16.5. The second-order valence-electron chi connectivity index (χ2n) is 9.21. The number of benzene rings is 2. The smallest absolute Gasteiger partial charge is 0.268 e. The molecule has 0 radical (unpaired) electrons. The predicted molar refractivity (Wildman–Crippen MR) is 129 cm³/mol. The van der Waals surface area contributed by atoms with E-state index in [-0.39, 0.29) is 23.3 Å². The maximum absolute atomic E-state index is 13.6. The molecule has 1 amide bonds. The lowest BCUT2D eigenvalue weighted by atomic mass is 9.73. The van der Waals surface area contributed by atoms with Gasteiger partial charge in [0.2, 0.25) is 0 Å². The standard InChI is InChI=1S/C27H28N2O5/c1-27(2)13-20-21(22(30)14-27)16-29(18-8-6-5-7-9-18)26(32)24(20)25(31)28-15-17-12-19(33-3)10-11-23(17)34-4/h5-12,16H,13-15H2,1-4H3,(H,28,31). The summed E-state index contributed by atoms with van der Waals surface area (Å²) in [6.45, 7) is 4.07. The van der Waals surface area contributed by atoms with Crippen molar-refractivity contribution in [3.05, 3.63) is 87.3 Å². The minimum absolute atomic E-state index is 0.00402. The van der Waals surface area contributed by atoms with Crippen molar-refractivity contribution >= 4 is 11.7 Å². The van der Waals surface area contributed by atoms with E-state index in [9.17, 15) is 14.4 Å². The first-order chi connectivity index (χ1) is 16.2. The summed E-state index contributed by atoms with van der Waals surface area (Å²) < 4.78 is 12.1. The van der Waals surface area contributed by atoms with Crippen LogP contribution in [0.1, 0.15) is 52.1 Å². The fourth-order valence-corrected chi connectivity index (χ4v) is 4.44. The molecule has 0 atom stereocenters. The number of methoxy groups -OCH3 is 2. The maximum Gasteiger partial charge on any atom is 0.268 e. The molecule has 1 aromatic heterocycles. The van der Waals surface area contributed by atoms with Gasteiger partial charge in [0, 0.05) is 36.0 Å². The van der Waals surface area contributed by atoms with E-state index in [4.69, 9.17) is 9.47 Å². The van der Waals surface area contributed by atoms with Crippen molar-refractivity contribution in [2.45, 2.75) is 33.2 Å². The van der Waals surface area contributed by atoms with Gasteiger partial charge in [0.15, 0.2) is 5.78 Å². The summed E-state index contributed by atoms with van der Waals surface area (Å²) in [4.78, 5) is 40.1. The zero-order valence-corrected chi connectivity index (χ0v) is 19.8. The zero-order valence-electron chi connectivity index (χ0n) is 19.8. The van der Waals surface area contributed by atoms with Gasteiger partial charge in [0.25, 0.3) is 11.5 Å². The number of para-hydroxylation sites is 1. The Bertz CT molecular complexity index is 1310. The van der Waals surface area contributed by atoms with E-state index in [1.165, 1.54) is 4.57 Å². The molecule has 1 N–H and O–H groups in total. The number of ketones is 1. The van der Waals surface area contributed by atoms with E-state index in [0.717, 1.165) is 0 Å². The Labute approximate surface area is 198 Å². The average Bonchev–Trinajstić information content (AvgIpc) is 2.82. The van der Waals surface area contributed by atoms with E-state index in [1.807, 2.05) is 19.9 Å². The summed E-state index contributed by atoms with van der Waals surface area (Å²) in [5, 5.41) is 2.85. The fraction of sp³-hybridized carbons (Fsp3) is 0.296. The van der Waals surface area contributed by atoms with Gasteiger partial charge >= 0.3 is 0 Å². The van der Waals surface area contributed by atoms with Crippen molar-refractivity contribution in [3.63, 3.8) is 0 Å². The van der Waals surface area contributed by atoms with Crippen molar-refractivity contribution in [2.24, 2.45) is 5.41 Å². The van der Waals surface area contributed by atoms with Crippen LogP contribution < -0.4 is 20.3 Å². The summed E-state index contributed by atoms with van der Waals surface area (Å²) in [5.74, 6) is 0.622. The topological polar surface area (TPSA) is 86.6 Å². The number of carbonyl (C=O) groups is 2. The number of rotatable bonds is 6. The molecule has 1 aliphatic carbocycles. The lowest BCUT2D eigenvalue weighted by Gasteiger charge is -2.31. The summed E-state index contributed by atoms with van der Waals surface area (Å²) in [7, 11) is 3.11. The third-order valence-corrected chi connectivity index (χ3v) is 6.10. The van der Waals surface area contributed by atoms with Crippen LogP contribution >= 0.6 is 0 Å². The summed E-state index contributed by atoms with van der Waals surface area (Å²) in [6.07, 6.45) is 2.39. The first-order valence-corrected chi connectivity index (χ1v) is 11.1. The molecule has 34 heavy (non-hydrogen) atoms. The van der Waals surface area contributed by atoms with Gasteiger partial charge in [-0.2, -0.15) is 0 Å². The Morgan fingerprint density at radius 2 is 1.76 bits per heavy atom. The maximum atomic E-state index is 13.6. The highest BCUT2D eigenvalue weighted by Crippen LogP contribution is 2.36. The monoisotopic (exact) mass is 460 g/mol. The minimum Gasteiger partial charge on any atom is -0.497 e. The predicted octanol–water partition coefficient (Wildman–Crippen LogP) is 3.94. The Morgan fingerprint density at radius 1 is 1.03 bits per heavy atom. The quantitative estimate of drug-likeness (QED) is 0.602. The Hall–Kier alpha value is -3.87. The number of pyridine rings is 1. The molecule has 4 rings (SSSR count). The molecular weight excluding hydrogens is 432 g/mol. The SMILES string of the molecule is COc1ccc(OC)c(CNC(=O)c2c3c(cn(-c4ccccc4)c2=O)C(=O)CC(C)(C)C3)c1. The van der Waals surface area contributed by atoms with Crippen LogP contribution in [0.3, 0.4) is 0 Å². The van der Waals surface area contributed by atoms with Crippen LogP contribution in [0.4, 0.5) is 0 Å². The molecule has 0 saturated heterocycles. The molecule has 0 unspecified atom stereocenters. The van der Waals surface area contributed by atoms with Crippen molar-refractivity contribution in [2.75, 3.05) is 14.2 Å². The molecule has 1 heterocycles. The molecule has 0 bridgehead atoms. The minimum atomic E-state index is -0.526. The zero-order chi connectivity index (χ0) is 24.5. The van der Waals surface area contributed by atoms with Gasteiger partial charge in [-0.05, 0) is 47.7 Å². The van der Waals surface area contributed by atoms with Crippen LogP contribution in [-0.4, -0.2) is 30.5 Å². The van der Waals surface area contributed by atoms with Gasteiger partial charge in [0.1, 0.15) is 17.1 Å². The average molecular weight is 461 g/mol. The highest BCUT2D eigenvalue weighted by molar-refractivity contribution is 6.04. The van der Waals surface area contributed by atoms with E-state index in [1.54, 1.807) is 62.9 Å². The first-order valence-electron chi connectivity index (χ1n) is 11.1. The van der Waals surface area contributed by atoms with Crippen LogP contribution in [0.15, 0.2) is 59.5 Å². The van der Waals surface area contributed by atoms with Crippen LogP contribution in [0, 0.1) is 5.41 Å². The van der Waals surface area contributed by atoms with Gasteiger partial charge in [0.05, 0.1) is 14.2 Å². The van der Waals surface area contributed by atoms with Crippen molar-refractivity contribution in [1.82, 2.24) is 9.88 Å². The van der Waals surface area contributed by atoms with Gasteiger partial charge < -0.3 is 14.8 Å².